The summed E-state index contributed by atoms with van der Waals surface area (Å²) in [6.07, 6.45) is -1.70. The summed E-state index contributed by atoms with van der Waals surface area (Å²) in [5, 5.41) is 0. The van der Waals surface area contributed by atoms with Crippen molar-refractivity contribution in [3.63, 3.8) is 0 Å². The average Bonchev–Trinajstić information content (AvgIpc) is 3.71. The lowest BCUT2D eigenvalue weighted by Crippen LogP contribution is -2.68. The number of benzene rings is 1. The van der Waals surface area contributed by atoms with E-state index in [4.69, 9.17) is 33.2 Å². The van der Waals surface area contributed by atoms with Crippen LogP contribution in [0.1, 0.15) is 71.8 Å². The highest BCUT2D eigenvalue weighted by Gasteiger charge is 2.86. The molecular formula is C33H44O10. The lowest BCUT2D eigenvalue weighted by Gasteiger charge is -2.58. The van der Waals surface area contributed by atoms with Crippen molar-refractivity contribution in [3.8, 4) is 0 Å². The molecule has 43 heavy (non-hydrogen) atoms. The molecule has 236 valence electrons. The number of carbonyl (C=O) groups is 3. The minimum atomic E-state index is -0.987. The van der Waals surface area contributed by atoms with Gasteiger partial charge in [-0.2, -0.15) is 0 Å². The maximum absolute atomic E-state index is 12.9. The van der Waals surface area contributed by atoms with Crippen LogP contribution in [0.2, 0.25) is 0 Å². The van der Waals surface area contributed by atoms with Gasteiger partial charge in [0.05, 0.1) is 23.5 Å². The second-order valence-electron chi connectivity index (χ2n) is 13.1. The summed E-state index contributed by atoms with van der Waals surface area (Å²) in [5.74, 6) is -1.13. The largest absolute Gasteiger partial charge is 0.465 e. The van der Waals surface area contributed by atoms with Crippen molar-refractivity contribution in [3.05, 3.63) is 47.0 Å². The van der Waals surface area contributed by atoms with E-state index in [-0.39, 0.29) is 31.3 Å². The molecule has 1 saturated carbocycles. The van der Waals surface area contributed by atoms with E-state index >= 15 is 0 Å². The molecule has 0 amide bonds. The van der Waals surface area contributed by atoms with Gasteiger partial charge in [-0.15, -0.1) is 0 Å². The van der Waals surface area contributed by atoms with Crippen molar-refractivity contribution in [2.45, 2.75) is 104 Å². The molecule has 2 heterocycles. The van der Waals surface area contributed by atoms with E-state index in [2.05, 4.69) is 0 Å². The fourth-order valence-corrected chi connectivity index (χ4v) is 7.51. The summed E-state index contributed by atoms with van der Waals surface area (Å²) in [6, 6.07) is 7.81. The van der Waals surface area contributed by atoms with Gasteiger partial charge in [-0.3, -0.25) is 14.4 Å². The highest BCUT2D eigenvalue weighted by atomic mass is 16.7. The Morgan fingerprint density at radius 1 is 1.05 bits per heavy atom. The first-order valence-corrected chi connectivity index (χ1v) is 15.0. The van der Waals surface area contributed by atoms with Gasteiger partial charge in [0.2, 0.25) is 0 Å². The van der Waals surface area contributed by atoms with Gasteiger partial charge in [-0.05, 0) is 25.3 Å². The van der Waals surface area contributed by atoms with Gasteiger partial charge in [0, 0.05) is 39.4 Å². The predicted molar refractivity (Wildman–Crippen MR) is 154 cm³/mol. The molecular weight excluding hydrogens is 556 g/mol. The van der Waals surface area contributed by atoms with E-state index < -0.39 is 65.2 Å². The Labute approximate surface area is 253 Å². The standard InChI is InChI=1S/C33H44O10/c1-18(2)13-26(36)41-24-15-32(16-38-21(5)34)25(14-20(24)4)42-29-27(43-30(37-8)23-11-9-19(3)10-12-23)28(40-22(6)35)31(32,7)33(29)17-39-33/h9-12,14,18,24-25,27-30H,13,15-17H2,1-8H3/t24-,25+,27+,28+,29+,30?,31+,32+,33-/m0/s1. The molecule has 0 N–H and O–H groups in total. The second-order valence-corrected chi connectivity index (χ2v) is 13.1. The zero-order valence-electron chi connectivity index (χ0n) is 26.3. The summed E-state index contributed by atoms with van der Waals surface area (Å²) in [6.45, 7) is 12.8. The fraction of sp³-hybridized carbons (Fsp3) is 0.667. The fourth-order valence-electron chi connectivity index (χ4n) is 7.51. The molecule has 0 radical (unpaired) electrons. The molecule has 0 aromatic heterocycles. The number of methoxy groups -OCH3 is 1. The molecule has 10 nitrogen and oxygen atoms in total. The first-order valence-electron chi connectivity index (χ1n) is 15.0. The Morgan fingerprint density at radius 3 is 2.28 bits per heavy atom. The second kappa shape index (κ2) is 11.6. The van der Waals surface area contributed by atoms with Crippen LogP contribution in [0.25, 0.3) is 0 Å². The number of carbonyl (C=O) groups excluding carboxylic acids is 3. The highest BCUT2D eigenvalue weighted by Crippen LogP contribution is 2.72. The summed E-state index contributed by atoms with van der Waals surface area (Å²) >= 11 is 0. The van der Waals surface area contributed by atoms with Crippen molar-refractivity contribution in [1.29, 1.82) is 0 Å². The number of epoxide rings is 1. The average molecular weight is 601 g/mol. The van der Waals surface area contributed by atoms with Crippen molar-refractivity contribution in [2.75, 3.05) is 20.3 Å². The Bertz CT molecular complexity index is 1270. The van der Waals surface area contributed by atoms with Crippen molar-refractivity contribution in [1.82, 2.24) is 0 Å². The van der Waals surface area contributed by atoms with E-state index in [1.165, 1.54) is 13.8 Å². The molecule has 1 unspecified atom stereocenters. The number of ether oxygens (including phenoxy) is 7. The third kappa shape index (κ3) is 5.30. The van der Waals surface area contributed by atoms with Crippen LogP contribution in [-0.4, -0.2) is 74.4 Å². The van der Waals surface area contributed by atoms with E-state index in [1.54, 1.807) is 7.11 Å². The normalized spacial score (nSPS) is 36.5. The number of esters is 3. The lowest BCUT2D eigenvalue weighted by atomic mass is 9.51. The van der Waals surface area contributed by atoms with Gasteiger partial charge in [-0.1, -0.05) is 56.7 Å². The number of aryl methyl sites for hydroxylation is 1. The quantitative estimate of drug-likeness (QED) is 0.126. The van der Waals surface area contributed by atoms with E-state index in [0.29, 0.717) is 6.61 Å². The van der Waals surface area contributed by atoms with E-state index in [9.17, 15) is 14.4 Å². The predicted octanol–water partition coefficient (Wildman–Crippen LogP) is 4.37. The third-order valence-electron chi connectivity index (χ3n) is 9.82. The highest BCUT2D eigenvalue weighted by molar-refractivity contribution is 5.70. The van der Waals surface area contributed by atoms with Crippen LogP contribution >= 0.6 is 0 Å². The van der Waals surface area contributed by atoms with Crippen LogP contribution in [0, 0.1) is 23.7 Å². The molecule has 10 heteroatoms. The molecule has 1 spiro atoms. The summed E-state index contributed by atoms with van der Waals surface area (Å²) in [4.78, 5) is 37.8. The monoisotopic (exact) mass is 600 g/mol. The van der Waals surface area contributed by atoms with Crippen LogP contribution < -0.4 is 0 Å². The summed E-state index contributed by atoms with van der Waals surface area (Å²) < 4.78 is 43.5. The summed E-state index contributed by atoms with van der Waals surface area (Å²) in [5.41, 5.74) is -0.120. The smallest absolute Gasteiger partial charge is 0.306 e. The van der Waals surface area contributed by atoms with Crippen molar-refractivity contribution >= 4 is 17.9 Å². The molecule has 1 aromatic carbocycles. The van der Waals surface area contributed by atoms with Gasteiger partial charge < -0.3 is 33.2 Å². The first-order chi connectivity index (χ1) is 20.3. The van der Waals surface area contributed by atoms with Gasteiger partial charge in [-0.25, -0.2) is 0 Å². The number of fused-ring (bicyclic) bond motifs is 2. The third-order valence-corrected chi connectivity index (χ3v) is 9.82. The molecule has 2 bridgehead atoms. The van der Waals surface area contributed by atoms with Crippen LogP contribution in [0.4, 0.5) is 0 Å². The number of rotatable bonds is 10. The maximum atomic E-state index is 12.9. The topological polar surface area (TPSA) is 119 Å². The molecule has 2 aliphatic carbocycles. The van der Waals surface area contributed by atoms with Gasteiger partial charge in [0.25, 0.3) is 0 Å². The van der Waals surface area contributed by atoms with E-state index in [1.807, 2.05) is 65.0 Å². The van der Waals surface area contributed by atoms with Gasteiger partial charge >= 0.3 is 17.9 Å². The Hall–Kier alpha value is -2.79. The molecule has 2 aliphatic heterocycles. The molecule has 9 atom stereocenters. The molecule has 4 aliphatic rings. The van der Waals surface area contributed by atoms with Crippen LogP contribution in [0.5, 0.6) is 0 Å². The van der Waals surface area contributed by atoms with Gasteiger partial charge in [0.15, 0.2) is 6.29 Å². The van der Waals surface area contributed by atoms with Crippen LogP contribution in [0.3, 0.4) is 0 Å². The minimum absolute atomic E-state index is 0.0561. The van der Waals surface area contributed by atoms with Crippen LogP contribution in [0.15, 0.2) is 35.9 Å². The minimum Gasteiger partial charge on any atom is -0.465 e. The zero-order chi connectivity index (χ0) is 31.3. The molecule has 1 aromatic rings. The maximum Gasteiger partial charge on any atom is 0.306 e. The SMILES string of the molecule is COC(O[C@@H]1[C@@H](OC(C)=O)[C@]2(C)[C@@]3(COC(C)=O)C[C@H](OC(=O)CC(C)C)C(C)=C[C@H]3O[C@H]1[C@@]21CO1)c1ccc(C)cc1. The van der Waals surface area contributed by atoms with Crippen molar-refractivity contribution < 1.29 is 47.5 Å². The summed E-state index contributed by atoms with van der Waals surface area (Å²) in [7, 11) is 1.56. The molecule has 5 rings (SSSR count). The lowest BCUT2D eigenvalue weighted by molar-refractivity contribution is -0.243. The number of hydrogen-bond acceptors (Lipinski definition) is 10. The zero-order valence-corrected chi connectivity index (χ0v) is 26.3. The Kier molecular flexibility index (Phi) is 8.54. The Morgan fingerprint density at radius 2 is 1.72 bits per heavy atom. The molecule has 3 fully saturated rings. The van der Waals surface area contributed by atoms with Crippen LogP contribution in [-0.2, 0) is 47.5 Å². The number of hydrogen-bond donors (Lipinski definition) is 0. The van der Waals surface area contributed by atoms with Gasteiger partial charge in [0.1, 0.15) is 36.6 Å². The van der Waals surface area contributed by atoms with Crippen molar-refractivity contribution in [2.24, 2.45) is 16.7 Å². The van der Waals surface area contributed by atoms with E-state index in [0.717, 1.165) is 16.7 Å². The first kappa shape index (κ1) is 31.6. The molecule has 2 saturated heterocycles. The Balaban J connectivity index is 1.60.